The molecule has 2 aromatic carbocycles. The normalized spacial score (nSPS) is 10.5. The van der Waals surface area contributed by atoms with Crippen LogP contribution in [0.25, 0.3) is 0 Å². The zero-order chi connectivity index (χ0) is 15.8. The van der Waals surface area contributed by atoms with Crippen molar-refractivity contribution in [3.63, 3.8) is 0 Å². The van der Waals surface area contributed by atoms with Crippen molar-refractivity contribution >= 4 is 11.6 Å². The van der Waals surface area contributed by atoms with E-state index in [1.165, 1.54) is 5.56 Å². The number of rotatable bonds is 8. The molecule has 0 amide bonds. The summed E-state index contributed by atoms with van der Waals surface area (Å²) in [6.45, 7) is 6.84. The molecule has 0 aromatic heterocycles. The summed E-state index contributed by atoms with van der Waals surface area (Å²) >= 11 is 6.33. The van der Waals surface area contributed by atoms with Gasteiger partial charge < -0.3 is 14.8 Å². The van der Waals surface area contributed by atoms with E-state index in [0.717, 1.165) is 24.4 Å². The molecule has 0 aliphatic carbocycles. The van der Waals surface area contributed by atoms with Crippen molar-refractivity contribution in [3.8, 4) is 11.5 Å². The van der Waals surface area contributed by atoms with Gasteiger partial charge in [-0.05, 0) is 26.0 Å². The summed E-state index contributed by atoms with van der Waals surface area (Å²) < 4.78 is 11.2. The molecule has 0 heterocycles. The Morgan fingerprint density at radius 2 is 1.59 bits per heavy atom. The van der Waals surface area contributed by atoms with E-state index in [2.05, 4.69) is 29.6 Å². The number of quaternary nitrogens is 1. The van der Waals surface area contributed by atoms with Crippen LogP contribution in [-0.4, -0.2) is 13.2 Å². The van der Waals surface area contributed by atoms with Crippen molar-refractivity contribution < 1.29 is 14.8 Å². The van der Waals surface area contributed by atoms with Crippen LogP contribution in [0, 0.1) is 0 Å². The third-order valence-corrected chi connectivity index (χ3v) is 3.54. The molecule has 0 radical (unpaired) electrons. The molecule has 4 heteroatoms. The number of hydrogen-bond acceptors (Lipinski definition) is 2. The number of halogens is 1. The van der Waals surface area contributed by atoms with E-state index in [1.807, 2.05) is 32.0 Å². The van der Waals surface area contributed by atoms with E-state index < -0.39 is 0 Å². The summed E-state index contributed by atoms with van der Waals surface area (Å²) in [6, 6.07) is 14.4. The Kier molecular flexibility index (Phi) is 6.56. The lowest BCUT2D eigenvalue weighted by atomic mass is 10.2. The van der Waals surface area contributed by atoms with Crippen LogP contribution in [0.5, 0.6) is 11.5 Å². The predicted molar refractivity (Wildman–Crippen MR) is 89.6 cm³/mol. The lowest BCUT2D eigenvalue weighted by Gasteiger charge is -2.14. The van der Waals surface area contributed by atoms with Crippen molar-refractivity contribution in [3.05, 3.63) is 58.6 Å². The second-order valence-corrected chi connectivity index (χ2v) is 5.36. The molecule has 0 aliphatic rings. The Balaban J connectivity index is 2.04. The van der Waals surface area contributed by atoms with E-state index in [0.29, 0.717) is 24.0 Å². The van der Waals surface area contributed by atoms with Gasteiger partial charge in [0.15, 0.2) is 11.5 Å². The highest BCUT2D eigenvalue weighted by molar-refractivity contribution is 6.32. The largest absolute Gasteiger partial charge is 0.490 e. The van der Waals surface area contributed by atoms with Gasteiger partial charge in [-0.15, -0.1) is 0 Å². The first-order chi connectivity index (χ1) is 10.7. The Morgan fingerprint density at radius 3 is 2.27 bits per heavy atom. The molecule has 0 bridgehead atoms. The predicted octanol–water partition coefficient (Wildman–Crippen LogP) is 3.40. The third-order valence-electron chi connectivity index (χ3n) is 3.26. The van der Waals surface area contributed by atoms with Gasteiger partial charge in [-0.1, -0.05) is 41.9 Å². The van der Waals surface area contributed by atoms with Crippen molar-refractivity contribution in [2.75, 3.05) is 13.2 Å². The number of benzene rings is 2. The van der Waals surface area contributed by atoms with E-state index in [4.69, 9.17) is 21.1 Å². The first-order valence-electron chi connectivity index (χ1n) is 7.68. The highest BCUT2D eigenvalue weighted by Gasteiger charge is 2.12. The molecule has 0 fully saturated rings. The Hall–Kier alpha value is -1.71. The maximum atomic E-state index is 6.33. The van der Waals surface area contributed by atoms with Crippen LogP contribution in [0.2, 0.25) is 5.02 Å². The van der Waals surface area contributed by atoms with Gasteiger partial charge in [0, 0.05) is 11.1 Å². The fourth-order valence-corrected chi connectivity index (χ4v) is 2.59. The van der Waals surface area contributed by atoms with Crippen LogP contribution in [0.4, 0.5) is 0 Å². The zero-order valence-corrected chi connectivity index (χ0v) is 13.9. The third kappa shape index (κ3) is 4.65. The Labute approximate surface area is 137 Å². The molecular weight excluding hydrogens is 298 g/mol. The molecule has 0 saturated heterocycles. The highest BCUT2D eigenvalue weighted by Crippen LogP contribution is 2.36. The van der Waals surface area contributed by atoms with E-state index >= 15 is 0 Å². The second kappa shape index (κ2) is 8.66. The highest BCUT2D eigenvalue weighted by atomic mass is 35.5. The molecule has 118 valence electrons. The van der Waals surface area contributed by atoms with Crippen LogP contribution in [0.1, 0.15) is 25.0 Å². The maximum absolute atomic E-state index is 6.33. The minimum atomic E-state index is 0.569. The smallest absolute Gasteiger partial charge is 0.179 e. The zero-order valence-electron chi connectivity index (χ0n) is 13.1. The fourth-order valence-electron chi connectivity index (χ4n) is 2.31. The summed E-state index contributed by atoms with van der Waals surface area (Å²) in [6.07, 6.45) is 0. The number of hydrogen-bond donors (Lipinski definition) is 1. The van der Waals surface area contributed by atoms with Gasteiger partial charge >= 0.3 is 0 Å². The lowest BCUT2D eigenvalue weighted by Crippen LogP contribution is -2.80. The molecule has 2 aromatic rings. The average molecular weight is 321 g/mol. The van der Waals surface area contributed by atoms with Crippen LogP contribution in [0.15, 0.2) is 42.5 Å². The van der Waals surface area contributed by atoms with Crippen molar-refractivity contribution in [1.82, 2.24) is 0 Å². The molecule has 22 heavy (non-hydrogen) atoms. The summed E-state index contributed by atoms with van der Waals surface area (Å²) in [7, 11) is 0. The molecule has 2 rings (SSSR count). The molecule has 0 saturated carbocycles. The molecule has 2 N–H and O–H groups in total. The second-order valence-electron chi connectivity index (χ2n) is 4.95. The van der Waals surface area contributed by atoms with Gasteiger partial charge in [-0.25, -0.2) is 0 Å². The minimum Gasteiger partial charge on any atom is -0.490 e. The monoisotopic (exact) mass is 320 g/mol. The Bertz CT molecular complexity index is 587. The van der Waals surface area contributed by atoms with Crippen LogP contribution in [0.3, 0.4) is 0 Å². The van der Waals surface area contributed by atoms with Crippen LogP contribution < -0.4 is 14.8 Å². The van der Waals surface area contributed by atoms with Crippen LogP contribution >= 0.6 is 11.6 Å². The van der Waals surface area contributed by atoms with Gasteiger partial charge in [0.1, 0.15) is 13.1 Å². The first-order valence-corrected chi connectivity index (χ1v) is 8.06. The van der Waals surface area contributed by atoms with E-state index in [-0.39, 0.29) is 0 Å². The number of nitrogens with two attached hydrogens (primary N) is 1. The quantitative estimate of drug-likeness (QED) is 0.809. The van der Waals surface area contributed by atoms with Crippen molar-refractivity contribution in [2.24, 2.45) is 0 Å². The molecule has 0 atom stereocenters. The summed E-state index contributed by atoms with van der Waals surface area (Å²) in [5.41, 5.74) is 2.44. The Morgan fingerprint density at radius 1 is 0.909 bits per heavy atom. The molecule has 3 nitrogen and oxygen atoms in total. The van der Waals surface area contributed by atoms with Crippen molar-refractivity contribution in [1.29, 1.82) is 0 Å². The molecular formula is C18H23ClNO2+. The van der Waals surface area contributed by atoms with Gasteiger partial charge in [-0.3, -0.25) is 0 Å². The van der Waals surface area contributed by atoms with Gasteiger partial charge in [-0.2, -0.15) is 0 Å². The van der Waals surface area contributed by atoms with E-state index in [1.54, 1.807) is 0 Å². The van der Waals surface area contributed by atoms with E-state index in [9.17, 15) is 0 Å². The SMILES string of the molecule is CCOc1cc(C[NH2+]Cc2ccccc2)cc(Cl)c1OCC. The van der Waals surface area contributed by atoms with Crippen molar-refractivity contribution in [2.45, 2.75) is 26.9 Å². The summed E-state index contributed by atoms with van der Waals surface area (Å²) in [5, 5.41) is 2.85. The van der Waals surface area contributed by atoms with Gasteiger partial charge in [0.05, 0.1) is 18.2 Å². The average Bonchev–Trinajstić information content (AvgIpc) is 2.52. The van der Waals surface area contributed by atoms with Gasteiger partial charge in [0.2, 0.25) is 0 Å². The topological polar surface area (TPSA) is 35.1 Å². The fraction of sp³-hybridized carbons (Fsp3) is 0.333. The van der Waals surface area contributed by atoms with Gasteiger partial charge in [0.25, 0.3) is 0 Å². The summed E-state index contributed by atoms with van der Waals surface area (Å²) in [4.78, 5) is 0. The van der Waals surface area contributed by atoms with Crippen LogP contribution in [-0.2, 0) is 13.1 Å². The summed E-state index contributed by atoms with van der Waals surface area (Å²) in [5.74, 6) is 1.36. The minimum absolute atomic E-state index is 0.569. The molecule has 0 spiro atoms. The first kappa shape index (κ1) is 16.7. The molecule has 0 unspecified atom stereocenters. The number of ether oxygens (including phenoxy) is 2. The molecule has 0 aliphatic heterocycles. The lowest BCUT2D eigenvalue weighted by molar-refractivity contribution is -0.686. The standard InChI is InChI=1S/C18H22ClNO2/c1-3-21-17-11-15(10-16(19)18(17)22-4-2)13-20-12-14-8-6-5-7-9-14/h5-11,20H,3-4,12-13H2,1-2H3/p+1. The maximum Gasteiger partial charge on any atom is 0.179 e.